The Kier molecular flexibility index (Phi) is 8.52. The molecule has 0 bridgehead atoms. The van der Waals surface area contributed by atoms with Crippen LogP contribution in [0.25, 0.3) is 0 Å². The van der Waals surface area contributed by atoms with E-state index >= 15 is 0 Å². The second-order valence-electron chi connectivity index (χ2n) is 9.28. The Hall–Kier alpha value is -3.20. The molecule has 1 aliphatic carbocycles. The van der Waals surface area contributed by atoms with Crippen molar-refractivity contribution in [2.75, 3.05) is 32.1 Å². The van der Waals surface area contributed by atoms with Gasteiger partial charge in [0.05, 0.1) is 7.11 Å². The molecule has 1 aliphatic heterocycles. The number of hydrogen-bond acceptors (Lipinski definition) is 7. The summed E-state index contributed by atoms with van der Waals surface area (Å²) >= 11 is 0. The second-order valence-corrected chi connectivity index (χ2v) is 9.28. The van der Waals surface area contributed by atoms with Gasteiger partial charge in [-0.1, -0.05) is 6.07 Å². The zero-order valence-corrected chi connectivity index (χ0v) is 20.3. The van der Waals surface area contributed by atoms with Crippen molar-refractivity contribution in [1.29, 1.82) is 0 Å². The van der Waals surface area contributed by atoms with Gasteiger partial charge in [0.15, 0.2) is 0 Å². The highest BCUT2D eigenvalue weighted by molar-refractivity contribution is 5.98. The van der Waals surface area contributed by atoms with Crippen LogP contribution in [0, 0.1) is 0 Å². The average Bonchev–Trinajstić information content (AvgIpc) is 3.72. The minimum absolute atomic E-state index is 0.179. The van der Waals surface area contributed by atoms with E-state index in [9.17, 15) is 14.7 Å². The first kappa shape index (κ1) is 24.9. The van der Waals surface area contributed by atoms with Crippen molar-refractivity contribution in [2.45, 2.75) is 63.5 Å². The van der Waals surface area contributed by atoms with E-state index in [1.54, 1.807) is 12.1 Å². The van der Waals surface area contributed by atoms with E-state index in [1.807, 2.05) is 0 Å². The number of carbonyl (C=O) groups is 2. The maximum atomic E-state index is 12.6. The molecule has 0 spiro atoms. The number of anilines is 1. The normalized spacial score (nSPS) is 15.7. The standard InChI is InChI=1S/C26H35N5O4/c1-35-25-21(8-5-15-28-25)24(32)30-22(26(33)34)13-17-31(20-11-12-20)16-3-2-7-19-10-9-18-6-4-14-27-23(18)29-19/h5,8-10,15,20,22H,2-4,6-7,11-14,16-17H2,1H3,(H,27,29)(H,30,32)(H,33,34)/t22-/m0/s1. The molecule has 4 rings (SSSR count). The van der Waals surface area contributed by atoms with Gasteiger partial charge in [-0.15, -0.1) is 0 Å². The molecule has 3 N–H and O–H groups in total. The molecule has 1 saturated carbocycles. The number of methoxy groups -OCH3 is 1. The number of rotatable bonds is 13. The summed E-state index contributed by atoms with van der Waals surface area (Å²) in [5.74, 6) is -0.312. The number of nitrogens with one attached hydrogen (secondary N) is 2. The molecule has 0 saturated heterocycles. The zero-order valence-electron chi connectivity index (χ0n) is 20.3. The minimum Gasteiger partial charge on any atom is -0.480 e. The summed E-state index contributed by atoms with van der Waals surface area (Å²) in [5, 5.41) is 15.7. The highest BCUT2D eigenvalue weighted by Crippen LogP contribution is 2.28. The summed E-state index contributed by atoms with van der Waals surface area (Å²) in [4.78, 5) is 35.7. The first-order chi connectivity index (χ1) is 17.0. The SMILES string of the molecule is COc1ncccc1C(=O)N[C@@H](CCN(CCCCc1ccc2c(n1)NCCC2)C1CC1)C(=O)O. The number of carboxylic acids is 1. The topological polar surface area (TPSA) is 117 Å². The first-order valence-corrected chi connectivity index (χ1v) is 12.5. The van der Waals surface area contributed by atoms with Gasteiger partial charge in [-0.05, 0) is 81.7 Å². The largest absolute Gasteiger partial charge is 0.480 e. The fourth-order valence-corrected chi connectivity index (χ4v) is 4.56. The number of carboxylic acid groups (broad SMARTS) is 1. The van der Waals surface area contributed by atoms with Crippen LogP contribution in [0.1, 0.15) is 60.1 Å². The van der Waals surface area contributed by atoms with Gasteiger partial charge in [0, 0.05) is 31.0 Å². The minimum atomic E-state index is -1.04. The molecule has 9 heteroatoms. The summed E-state index contributed by atoms with van der Waals surface area (Å²) in [6.45, 7) is 2.55. The number of pyridine rings is 2. The molecule has 0 unspecified atom stereocenters. The van der Waals surface area contributed by atoms with Crippen molar-refractivity contribution in [3.8, 4) is 5.88 Å². The second kappa shape index (κ2) is 12.0. The number of unbranched alkanes of at least 4 members (excludes halogenated alkanes) is 1. The monoisotopic (exact) mass is 481 g/mol. The Labute approximate surface area is 206 Å². The third kappa shape index (κ3) is 6.91. The summed E-state index contributed by atoms with van der Waals surface area (Å²) in [6.07, 6.45) is 9.43. The van der Waals surface area contributed by atoms with Gasteiger partial charge in [-0.3, -0.25) is 4.79 Å². The van der Waals surface area contributed by atoms with E-state index in [1.165, 1.54) is 18.9 Å². The fraction of sp³-hybridized carbons (Fsp3) is 0.538. The van der Waals surface area contributed by atoms with Crippen molar-refractivity contribution in [2.24, 2.45) is 0 Å². The predicted molar refractivity (Wildman–Crippen MR) is 133 cm³/mol. The van der Waals surface area contributed by atoms with Crippen LogP contribution in [-0.2, 0) is 17.6 Å². The van der Waals surface area contributed by atoms with Crippen LogP contribution >= 0.6 is 0 Å². The van der Waals surface area contributed by atoms with E-state index in [0.717, 1.165) is 69.5 Å². The molecule has 2 aromatic rings. The van der Waals surface area contributed by atoms with Crippen LogP contribution in [0.15, 0.2) is 30.5 Å². The lowest BCUT2D eigenvalue weighted by molar-refractivity contribution is -0.139. The Morgan fingerprint density at radius 1 is 1.26 bits per heavy atom. The number of amides is 1. The molecule has 35 heavy (non-hydrogen) atoms. The smallest absolute Gasteiger partial charge is 0.326 e. The summed E-state index contributed by atoms with van der Waals surface area (Å²) in [5.41, 5.74) is 2.66. The number of ether oxygens (including phenoxy) is 1. The van der Waals surface area contributed by atoms with E-state index in [4.69, 9.17) is 9.72 Å². The molecular formula is C26H35N5O4. The molecule has 1 fully saturated rings. The fourth-order valence-electron chi connectivity index (χ4n) is 4.56. The van der Waals surface area contributed by atoms with Crippen molar-refractivity contribution in [3.63, 3.8) is 0 Å². The van der Waals surface area contributed by atoms with Gasteiger partial charge in [0.2, 0.25) is 5.88 Å². The molecule has 0 radical (unpaired) electrons. The van der Waals surface area contributed by atoms with Gasteiger partial charge in [-0.25, -0.2) is 14.8 Å². The predicted octanol–water partition coefficient (Wildman–Crippen LogP) is 2.90. The first-order valence-electron chi connectivity index (χ1n) is 12.5. The summed E-state index contributed by atoms with van der Waals surface area (Å²) in [7, 11) is 1.43. The van der Waals surface area contributed by atoms with Crippen LogP contribution in [-0.4, -0.2) is 70.7 Å². The van der Waals surface area contributed by atoms with E-state index < -0.39 is 17.9 Å². The highest BCUT2D eigenvalue weighted by Gasteiger charge is 2.30. The van der Waals surface area contributed by atoms with Crippen LogP contribution < -0.4 is 15.4 Å². The lowest BCUT2D eigenvalue weighted by Gasteiger charge is -2.24. The quantitative estimate of drug-likeness (QED) is 0.374. The van der Waals surface area contributed by atoms with Crippen molar-refractivity contribution < 1.29 is 19.4 Å². The van der Waals surface area contributed by atoms with Crippen molar-refractivity contribution in [1.82, 2.24) is 20.2 Å². The average molecular weight is 482 g/mol. The maximum absolute atomic E-state index is 12.6. The van der Waals surface area contributed by atoms with E-state index in [2.05, 4.69) is 32.7 Å². The molecule has 1 amide bonds. The molecular weight excluding hydrogens is 446 g/mol. The van der Waals surface area contributed by atoms with E-state index in [0.29, 0.717) is 19.0 Å². The third-order valence-electron chi connectivity index (χ3n) is 6.66. The molecule has 9 nitrogen and oxygen atoms in total. The Morgan fingerprint density at radius 3 is 2.89 bits per heavy atom. The molecule has 2 aliphatic rings. The molecule has 0 aromatic carbocycles. The van der Waals surface area contributed by atoms with Gasteiger partial charge < -0.3 is 25.4 Å². The van der Waals surface area contributed by atoms with Gasteiger partial charge in [0.1, 0.15) is 17.4 Å². The highest BCUT2D eigenvalue weighted by atomic mass is 16.5. The number of aromatic nitrogens is 2. The summed E-state index contributed by atoms with van der Waals surface area (Å²) < 4.78 is 5.13. The van der Waals surface area contributed by atoms with E-state index in [-0.39, 0.29) is 11.4 Å². The Bertz CT molecular complexity index is 1030. The van der Waals surface area contributed by atoms with Crippen LogP contribution in [0.3, 0.4) is 0 Å². The number of fused-ring (bicyclic) bond motifs is 1. The molecule has 1 atom stereocenters. The van der Waals surface area contributed by atoms with Crippen LogP contribution in [0.2, 0.25) is 0 Å². The summed E-state index contributed by atoms with van der Waals surface area (Å²) in [6, 6.07) is 7.08. The van der Waals surface area contributed by atoms with Gasteiger partial charge in [-0.2, -0.15) is 0 Å². The molecule has 2 aromatic heterocycles. The third-order valence-corrected chi connectivity index (χ3v) is 6.66. The maximum Gasteiger partial charge on any atom is 0.326 e. The van der Waals surface area contributed by atoms with Crippen molar-refractivity contribution >= 4 is 17.7 Å². The Balaban J connectivity index is 1.25. The molecule has 3 heterocycles. The lowest BCUT2D eigenvalue weighted by atomic mass is 10.1. The zero-order chi connectivity index (χ0) is 24.6. The number of aliphatic carboxylic acids is 1. The van der Waals surface area contributed by atoms with Crippen molar-refractivity contribution in [3.05, 3.63) is 47.3 Å². The number of aryl methyl sites for hydroxylation is 2. The van der Waals surface area contributed by atoms with Crippen LogP contribution in [0.5, 0.6) is 5.88 Å². The van der Waals surface area contributed by atoms with Gasteiger partial charge in [0.25, 0.3) is 5.91 Å². The number of carbonyl (C=O) groups excluding carboxylic acids is 1. The van der Waals surface area contributed by atoms with Crippen LogP contribution in [0.4, 0.5) is 5.82 Å². The Morgan fingerprint density at radius 2 is 2.11 bits per heavy atom. The molecule has 188 valence electrons. The lowest BCUT2D eigenvalue weighted by Crippen LogP contribution is -2.43. The number of hydrogen-bond donors (Lipinski definition) is 3. The number of nitrogens with zero attached hydrogens (tertiary/aromatic N) is 3. The van der Waals surface area contributed by atoms with Gasteiger partial charge >= 0.3 is 5.97 Å².